The number of rotatable bonds is 6. The van der Waals surface area contributed by atoms with Crippen molar-refractivity contribution in [3.05, 3.63) is 30.1 Å². The highest BCUT2D eigenvalue weighted by Gasteiger charge is 2.29. The smallest absolute Gasteiger partial charge is 0.0474 e. The van der Waals surface area contributed by atoms with Crippen LogP contribution in [0.15, 0.2) is 24.5 Å². The summed E-state index contributed by atoms with van der Waals surface area (Å²) in [4.78, 5) is 6.61. The molecule has 3 heteroatoms. The minimum absolute atomic E-state index is 0.332. The molecular weight excluding hydrogens is 210 g/mol. The normalized spacial score (nSPS) is 17.7. The molecule has 3 nitrogen and oxygen atoms in total. The van der Waals surface area contributed by atoms with Crippen LogP contribution in [-0.2, 0) is 0 Å². The summed E-state index contributed by atoms with van der Waals surface area (Å²) in [6.07, 6.45) is 6.48. The Morgan fingerprint density at radius 3 is 2.47 bits per heavy atom. The van der Waals surface area contributed by atoms with Gasteiger partial charge in [-0.25, -0.2) is 0 Å². The van der Waals surface area contributed by atoms with E-state index in [9.17, 15) is 0 Å². The molecule has 1 aliphatic rings. The van der Waals surface area contributed by atoms with E-state index in [0.29, 0.717) is 18.6 Å². The molecule has 1 aromatic rings. The summed E-state index contributed by atoms with van der Waals surface area (Å²) >= 11 is 0. The molecule has 2 N–H and O–H groups in total. The molecule has 1 aromatic heterocycles. The number of aromatic nitrogens is 1. The average molecular weight is 233 g/mol. The van der Waals surface area contributed by atoms with E-state index in [-0.39, 0.29) is 0 Å². The summed E-state index contributed by atoms with van der Waals surface area (Å²) in [5, 5.41) is 0. The quantitative estimate of drug-likeness (QED) is 0.819. The fraction of sp³-hybridized carbons (Fsp3) is 0.643. The van der Waals surface area contributed by atoms with Crippen LogP contribution >= 0.6 is 0 Å². The Hall–Kier alpha value is -0.930. The lowest BCUT2D eigenvalue weighted by Gasteiger charge is -2.34. The first-order valence-electron chi connectivity index (χ1n) is 6.58. The van der Waals surface area contributed by atoms with E-state index in [2.05, 4.69) is 35.9 Å². The highest BCUT2D eigenvalue weighted by Crippen LogP contribution is 2.33. The molecule has 17 heavy (non-hydrogen) atoms. The molecule has 1 atom stereocenters. The van der Waals surface area contributed by atoms with E-state index in [1.807, 2.05) is 12.4 Å². The first-order valence-corrected chi connectivity index (χ1v) is 6.58. The van der Waals surface area contributed by atoms with Gasteiger partial charge in [0.15, 0.2) is 0 Å². The maximum absolute atomic E-state index is 5.98. The summed E-state index contributed by atoms with van der Waals surface area (Å²) in [7, 11) is 0. The van der Waals surface area contributed by atoms with Crippen LogP contribution in [0, 0.1) is 5.92 Å². The van der Waals surface area contributed by atoms with Crippen LogP contribution in [0.3, 0.4) is 0 Å². The van der Waals surface area contributed by atoms with Crippen LogP contribution in [0.5, 0.6) is 0 Å². The van der Waals surface area contributed by atoms with E-state index in [1.54, 1.807) is 0 Å². The Labute approximate surface area is 104 Å². The van der Waals surface area contributed by atoms with Gasteiger partial charge in [0.1, 0.15) is 0 Å². The fourth-order valence-electron chi connectivity index (χ4n) is 2.35. The minimum Gasteiger partial charge on any atom is -0.329 e. The summed E-state index contributed by atoms with van der Waals surface area (Å²) in [5.74, 6) is 0.897. The zero-order chi connectivity index (χ0) is 12.3. The number of nitrogens with zero attached hydrogens (tertiary/aromatic N) is 2. The van der Waals surface area contributed by atoms with E-state index in [0.717, 1.165) is 5.92 Å². The highest BCUT2D eigenvalue weighted by molar-refractivity contribution is 5.16. The van der Waals surface area contributed by atoms with Gasteiger partial charge in [0.05, 0.1) is 0 Å². The van der Waals surface area contributed by atoms with Crippen molar-refractivity contribution in [3.8, 4) is 0 Å². The van der Waals surface area contributed by atoms with E-state index < -0.39 is 0 Å². The molecule has 1 fully saturated rings. The second-order valence-electron chi connectivity index (χ2n) is 5.27. The third-order valence-electron chi connectivity index (χ3n) is 3.54. The van der Waals surface area contributed by atoms with Crippen LogP contribution in [0.4, 0.5) is 0 Å². The van der Waals surface area contributed by atoms with Gasteiger partial charge in [-0.3, -0.25) is 9.88 Å². The van der Waals surface area contributed by atoms with Crippen molar-refractivity contribution in [3.63, 3.8) is 0 Å². The zero-order valence-electron chi connectivity index (χ0n) is 10.8. The lowest BCUT2D eigenvalue weighted by Crippen LogP contribution is -2.40. The molecule has 0 amide bonds. The molecule has 0 radical (unpaired) electrons. The molecule has 1 unspecified atom stereocenters. The van der Waals surface area contributed by atoms with E-state index in [1.165, 1.54) is 24.9 Å². The summed E-state index contributed by atoms with van der Waals surface area (Å²) in [5.41, 5.74) is 7.27. The monoisotopic (exact) mass is 233 g/mol. The van der Waals surface area contributed by atoms with Gasteiger partial charge in [0.25, 0.3) is 0 Å². The maximum atomic E-state index is 5.98. The van der Waals surface area contributed by atoms with Crippen molar-refractivity contribution in [1.29, 1.82) is 0 Å². The Morgan fingerprint density at radius 1 is 1.35 bits per heavy atom. The average Bonchev–Trinajstić information content (AvgIpc) is 3.14. The van der Waals surface area contributed by atoms with Gasteiger partial charge in [-0.15, -0.1) is 0 Å². The third-order valence-corrected chi connectivity index (χ3v) is 3.54. The molecule has 0 bridgehead atoms. The van der Waals surface area contributed by atoms with Crippen LogP contribution in [-0.4, -0.2) is 29.0 Å². The Kier molecular flexibility index (Phi) is 4.13. The fourth-order valence-corrected chi connectivity index (χ4v) is 2.35. The molecule has 1 heterocycles. The minimum atomic E-state index is 0.332. The van der Waals surface area contributed by atoms with Crippen LogP contribution in [0.1, 0.15) is 38.3 Å². The molecule has 0 spiro atoms. The van der Waals surface area contributed by atoms with Crippen molar-refractivity contribution in [2.75, 3.05) is 13.1 Å². The van der Waals surface area contributed by atoms with Gasteiger partial charge >= 0.3 is 0 Å². The standard InChI is InChI=1S/C14H23N3/c1-11(2)17(10-12-3-4-12)14(9-15)13-5-7-16-8-6-13/h5-8,11-12,14H,3-4,9-10,15H2,1-2H3. The lowest BCUT2D eigenvalue weighted by molar-refractivity contribution is 0.149. The molecular formula is C14H23N3. The second kappa shape index (κ2) is 5.61. The molecule has 0 aliphatic heterocycles. The van der Waals surface area contributed by atoms with Crippen LogP contribution in [0.2, 0.25) is 0 Å². The van der Waals surface area contributed by atoms with Gasteiger partial charge in [0.2, 0.25) is 0 Å². The zero-order valence-corrected chi connectivity index (χ0v) is 10.8. The Morgan fingerprint density at radius 2 is 2.00 bits per heavy atom. The Balaban J connectivity index is 2.13. The van der Waals surface area contributed by atoms with Crippen molar-refractivity contribution in [2.24, 2.45) is 11.7 Å². The van der Waals surface area contributed by atoms with Gasteiger partial charge in [-0.2, -0.15) is 0 Å². The second-order valence-corrected chi connectivity index (χ2v) is 5.27. The van der Waals surface area contributed by atoms with Crippen LogP contribution < -0.4 is 5.73 Å². The number of nitrogens with two attached hydrogens (primary N) is 1. The molecule has 1 aliphatic carbocycles. The topological polar surface area (TPSA) is 42.1 Å². The van der Waals surface area contributed by atoms with Gasteiger partial charge in [-0.05, 0) is 50.3 Å². The molecule has 0 aromatic carbocycles. The predicted molar refractivity (Wildman–Crippen MR) is 70.6 cm³/mol. The largest absolute Gasteiger partial charge is 0.329 e. The van der Waals surface area contributed by atoms with Crippen molar-refractivity contribution < 1.29 is 0 Å². The number of pyridine rings is 1. The molecule has 94 valence electrons. The first-order chi connectivity index (χ1) is 8.22. The van der Waals surface area contributed by atoms with Crippen LogP contribution in [0.25, 0.3) is 0 Å². The van der Waals surface area contributed by atoms with E-state index >= 15 is 0 Å². The van der Waals surface area contributed by atoms with Crippen molar-refractivity contribution in [1.82, 2.24) is 9.88 Å². The SMILES string of the molecule is CC(C)N(CC1CC1)C(CN)c1ccncc1. The summed E-state index contributed by atoms with van der Waals surface area (Å²) in [6, 6.07) is 5.04. The van der Waals surface area contributed by atoms with Crippen molar-refractivity contribution in [2.45, 2.75) is 38.8 Å². The first kappa shape index (κ1) is 12.5. The summed E-state index contributed by atoms with van der Waals surface area (Å²) < 4.78 is 0. The van der Waals surface area contributed by atoms with Gasteiger partial charge in [0, 0.05) is 37.6 Å². The Bertz CT molecular complexity index is 333. The van der Waals surface area contributed by atoms with Gasteiger partial charge < -0.3 is 5.73 Å². The molecule has 0 saturated heterocycles. The summed E-state index contributed by atoms with van der Waals surface area (Å²) in [6.45, 7) is 6.37. The number of hydrogen-bond donors (Lipinski definition) is 1. The van der Waals surface area contributed by atoms with Gasteiger partial charge in [-0.1, -0.05) is 0 Å². The predicted octanol–water partition coefficient (Wildman–Crippen LogP) is 2.20. The highest BCUT2D eigenvalue weighted by atomic mass is 15.2. The maximum Gasteiger partial charge on any atom is 0.0474 e. The van der Waals surface area contributed by atoms with Crippen molar-refractivity contribution >= 4 is 0 Å². The molecule has 1 saturated carbocycles. The number of hydrogen-bond acceptors (Lipinski definition) is 3. The molecule has 2 rings (SSSR count). The van der Waals surface area contributed by atoms with E-state index in [4.69, 9.17) is 5.73 Å². The third kappa shape index (κ3) is 3.27. The lowest BCUT2D eigenvalue weighted by atomic mass is 10.0.